The molecular formula is C19H13N3O4. The highest BCUT2D eigenvalue weighted by molar-refractivity contribution is 6.38. The van der Waals surface area contributed by atoms with Crippen molar-refractivity contribution in [2.24, 2.45) is 0 Å². The maximum absolute atomic E-state index is 12.8. The summed E-state index contributed by atoms with van der Waals surface area (Å²) in [5, 5.41) is 20.5. The molecule has 1 amide bonds. The van der Waals surface area contributed by atoms with Crippen molar-refractivity contribution in [3.8, 4) is 6.07 Å². The van der Waals surface area contributed by atoms with Crippen molar-refractivity contribution in [1.82, 2.24) is 0 Å². The van der Waals surface area contributed by atoms with E-state index >= 15 is 0 Å². The number of nitro groups is 1. The van der Waals surface area contributed by atoms with E-state index in [1.54, 1.807) is 31.2 Å². The van der Waals surface area contributed by atoms with Crippen molar-refractivity contribution in [1.29, 1.82) is 5.26 Å². The first-order valence-corrected chi connectivity index (χ1v) is 7.84. The molecule has 0 fully saturated rings. The molecule has 128 valence electrons. The molecule has 0 aliphatic carbocycles. The average molecular weight is 347 g/mol. The monoisotopic (exact) mass is 347 g/mol. The Balaban J connectivity index is 2.18. The number of para-hydroxylation sites is 1. The van der Waals surface area contributed by atoms with Crippen LogP contribution in [0.25, 0.3) is 5.57 Å². The highest BCUT2D eigenvalue weighted by Gasteiger charge is 2.35. The van der Waals surface area contributed by atoms with E-state index in [1.165, 1.54) is 23.1 Å². The molecule has 3 rings (SSSR count). The summed E-state index contributed by atoms with van der Waals surface area (Å²) < 4.78 is 0. The third-order valence-corrected chi connectivity index (χ3v) is 4.15. The Bertz CT molecular complexity index is 1020. The van der Waals surface area contributed by atoms with Crippen LogP contribution >= 0.6 is 0 Å². The third kappa shape index (κ3) is 2.63. The number of hydrogen-bond donors (Lipinski definition) is 0. The van der Waals surface area contributed by atoms with Crippen LogP contribution in [0.5, 0.6) is 0 Å². The largest absolute Gasteiger partial charge is 0.308 e. The Kier molecular flexibility index (Phi) is 4.33. The van der Waals surface area contributed by atoms with Crippen molar-refractivity contribution in [2.45, 2.75) is 6.92 Å². The Hall–Kier alpha value is -3.79. The number of carbonyl (C=O) groups excluding carboxylic acids is 2. The van der Waals surface area contributed by atoms with Gasteiger partial charge in [-0.2, -0.15) is 5.26 Å². The first-order valence-electron chi connectivity index (χ1n) is 7.84. The van der Waals surface area contributed by atoms with Gasteiger partial charge in [-0.1, -0.05) is 30.3 Å². The summed E-state index contributed by atoms with van der Waals surface area (Å²) in [7, 11) is 0. The first-order chi connectivity index (χ1) is 12.5. The summed E-state index contributed by atoms with van der Waals surface area (Å²) in [6, 6.07) is 13.8. The van der Waals surface area contributed by atoms with Gasteiger partial charge in [0.2, 0.25) is 5.78 Å². The van der Waals surface area contributed by atoms with Gasteiger partial charge in [-0.25, -0.2) is 0 Å². The minimum absolute atomic E-state index is 0.0107. The Morgan fingerprint density at radius 3 is 2.62 bits per heavy atom. The van der Waals surface area contributed by atoms with Gasteiger partial charge in [-0.05, 0) is 13.0 Å². The number of benzene rings is 2. The van der Waals surface area contributed by atoms with Crippen LogP contribution in [0.4, 0.5) is 11.4 Å². The van der Waals surface area contributed by atoms with E-state index in [0.29, 0.717) is 17.8 Å². The van der Waals surface area contributed by atoms with Crippen molar-refractivity contribution >= 4 is 28.6 Å². The maximum atomic E-state index is 12.8. The normalized spacial score (nSPS) is 14.6. The molecule has 0 aromatic heterocycles. The van der Waals surface area contributed by atoms with Crippen LogP contribution in [0.15, 0.2) is 54.1 Å². The summed E-state index contributed by atoms with van der Waals surface area (Å²) in [4.78, 5) is 37.4. The van der Waals surface area contributed by atoms with Gasteiger partial charge in [0.05, 0.1) is 16.2 Å². The highest BCUT2D eigenvalue weighted by atomic mass is 16.6. The van der Waals surface area contributed by atoms with Crippen LogP contribution in [-0.4, -0.2) is 23.2 Å². The summed E-state index contributed by atoms with van der Waals surface area (Å²) in [6.07, 6.45) is 0. The minimum atomic E-state index is -0.715. The molecule has 2 aromatic rings. The molecule has 0 bridgehead atoms. The van der Waals surface area contributed by atoms with Gasteiger partial charge in [0.25, 0.3) is 11.6 Å². The number of non-ortho nitro benzene ring substituents is 1. The lowest BCUT2D eigenvalue weighted by Gasteiger charge is -2.13. The van der Waals surface area contributed by atoms with E-state index < -0.39 is 16.6 Å². The van der Waals surface area contributed by atoms with Crippen LogP contribution in [0.2, 0.25) is 0 Å². The van der Waals surface area contributed by atoms with E-state index in [2.05, 4.69) is 0 Å². The number of amides is 1. The van der Waals surface area contributed by atoms with Crippen molar-refractivity contribution in [3.05, 3.63) is 75.3 Å². The molecule has 1 aliphatic heterocycles. The zero-order valence-electron chi connectivity index (χ0n) is 13.8. The second-order valence-electron chi connectivity index (χ2n) is 5.56. The zero-order chi connectivity index (χ0) is 18.8. The number of likely N-dealkylation sites (N-methyl/N-ethyl adjacent to an activating group) is 1. The maximum Gasteiger partial charge on any atom is 0.270 e. The molecule has 1 heterocycles. The van der Waals surface area contributed by atoms with Crippen LogP contribution in [0, 0.1) is 21.4 Å². The quantitative estimate of drug-likeness (QED) is 0.278. The van der Waals surface area contributed by atoms with Crippen LogP contribution < -0.4 is 4.90 Å². The molecule has 0 atom stereocenters. The number of nitro benzene ring substituents is 1. The Morgan fingerprint density at radius 1 is 1.23 bits per heavy atom. The fraction of sp³-hybridized carbons (Fsp3) is 0.105. The summed E-state index contributed by atoms with van der Waals surface area (Å²) in [5.41, 5.74) is 0.583. The molecule has 0 saturated heterocycles. The second-order valence-corrected chi connectivity index (χ2v) is 5.56. The zero-order valence-corrected chi connectivity index (χ0v) is 13.8. The minimum Gasteiger partial charge on any atom is -0.308 e. The Morgan fingerprint density at radius 2 is 1.96 bits per heavy atom. The summed E-state index contributed by atoms with van der Waals surface area (Å²) in [6.45, 7) is 2.19. The fourth-order valence-electron chi connectivity index (χ4n) is 2.96. The van der Waals surface area contributed by atoms with Gasteiger partial charge in [0, 0.05) is 29.8 Å². The van der Waals surface area contributed by atoms with Gasteiger partial charge < -0.3 is 4.90 Å². The number of Topliss-reactive ketones (excluding diaryl/α,β-unsaturated/α-hetero) is 1. The van der Waals surface area contributed by atoms with E-state index in [0.717, 1.165) is 6.07 Å². The van der Waals surface area contributed by atoms with Crippen LogP contribution in [0.1, 0.15) is 22.8 Å². The lowest BCUT2D eigenvalue weighted by molar-refractivity contribution is -0.384. The van der Waals surface area contributed by atoms with Gasteiger partial charge in [0.15, 0.2) is 0 Å². The SMILES string of the molecule is CCN1C(=O)/C(=C(/C#N)C(=O)c2cccc([N+](=O)[O-])c2)c2ccccc21. The molecule has 0 spiro atoms. The number of allylic oxidation sites excluding steroid dienone is 1. The van der Waals surface area contributed by atoms with Crippen molar-refractivity contribution in [2.75, 3.05) is 11.4 Å². The Labute approximate surface area is 148 Å². The van der Waals surface area contributed by atoms with Gasteiger partial charge >= 0.3 is 0 Å². The molecule has 0 N–H and O–H groups in total. The molecular weight excluding hydrogens is 334 g/mol. The number of anilines is 1. The van der Waals surface area contributed by atoms with E-state index in [4.69, 9.17) is 0 Å². The number of rotatable bonds is 4. The smallest absolute Gasteiger partial charge is 0.270 e. The van der Waals surface area contributed by atoms with Crippen molar-refractivity contribution in [3.63, 3.8) is 0 Å². The molecule has 7 nitrogen and oxygen atoms in total. The predicted octanol–water partition coefficient (Wildman–Crippen LogP) is 3.12. The molecule has 2 aromatic carbocycles. The standard InChI is InChI=1S/C19H13N3O4/c1-2-21-16-9-4-3-8-14(16)17(19(21)24)15(11-20)18(23)12-6-5-7-13(10-12)22(25)26/h3-10H,2H2,1H3/b17-15-. The van der Waals surface area contributed by atoms with Crippen LogP contribution in [-0.2, 0) is 4.79 Å². The van der Waals surface area contributed by atoms with Crippen LogP contribution in [0.3, 0.4) is 0 Å². The predicted molar refractivity (Wildman–Crippen MR) is 94.4 cm³/mol. The second kappa shape index (κ2) is 6.61. The number of ketones is 1. The molecule has 7 heteroatoms. The van der Waals surface area contributed by atoms with Crippen molar-refractivity contribution < 1.29 is 14.5 Å². The summed E-state index contributed by atoms with van der Waals surface area (Å²) in [5.74, 6) is -1.14. The molecule has 0 radical (unpaired) electrons. The number of hydrogen-bond acceptors (Lipinski definition) is 5. The van der Waals surface area contributed by atoms with E-state index in [-0.39, 0.29) is 22.4 Å². The first kappa shape index (κ1) is 17.0. The fourth-order valence-corrected chi connectivity index (χ4v) is 2.96. The topological polar surface area (TPSA) is 104 Å². The number of fused-ring (bicyclic) bond motifs is 1. The molecule has 26 heavy (non-hydrogen) atoms. The third-order valence-electron chi connectivity index (χ3n) is 4.15. The molecule has 1 aliphatic rings. The van der Waals surface area contributed by atoms with Gasteiger partial charge in [-0.15, -0.1) is 0 Å². The van der Waals surface area contributed by atoms with E-state index in [9.17, 15) is 25.0 Å². The molecule has 0 saturated carbocycles. The van der Waals surface area contributed by atoms with E-state index in [1.807, 2.05) is 6.07 Å². The molecule has 0 unspecified atom stereocenters. The number of nitrogens with zero attached hydrogens (tertiary/aromatic N) is 3. The average Bonchev–Trinajstić information content (AvgIpc) is 2.94. The summed E-state index contributed by atoms with van der Waals surface area (Å²) >= 11 is 0. The van der Waals surface area contributed by atoms with Gasteiger partial charge in [-0.3, -0.25) is 19.7 Å². The number of carbonyl (C=O) groups is 2. The highest BCUT2D eigenvalue weighted by Crippen LogP contribution is 2.38. The lowest BCUT2D eigenvalue weighted by atomic mass is 9.95. The van der Waals surface area contributed by atoms with Gasteiger partial charge in [0.1, 0.15) is 11.6 Å². The lowest BCUT2D eigenvalue weighted by Crippen LogP contribution is -2.26. The number of nitriles is 1.